The normalized spacial score (nSPS) is 18.4. The molecule has 4 aliphatic rings. The van der Waals surface area contributed by atoms with E-state index in [2.05, 4.69) is 112 Å². The number of hydrogen-bond donors (Lipinski definition) is 9. The van der Waals surface area contributed by atoms with E-state index < -0.39 is 70.6 Å². The zero-order valence-corrected chi connectivity index (χ0v) is 76.6. The third-order valence-corrected chi connectivity index (χ3v) is 21.9. The molecule has 8 amide bonds. The molecule has 12 heterocycles. The Morgan fingerprint density at radius 2 is 0.748 bits per heavy atom. The maximum Gasteiger partial charge on any atom is 0.413 e. The number of aliphatic carboxylic acids is 1. The van der Waals surface area contributed by atoms with Gasteiger partial charge in [0.1, 0.15) is 28.7 Å². The van der Waals surface area contributed by atoms with Crippen molar-refractivity contribution in [1.29, 1.82) is 0 Å². The van der Waals surface area contributed by atoms with Gasteiger partial charge in [0.15, 0.2) is 0 Å². The molecule has 32 heteroatoms. The summed E-state index contributed by atoms with van der Waals surface area (Å²) < 4.78 is 10.5. The first-order valence-corrected chi connectivity index (χ1v) is 43.6. The number of amides is 8. The van der Waals surface area contributed by atoms with Crippen molar-refractivity contribution in [3.63, 3.8) is 0 Å². The summed E-state index contributed by atoms with van der Waals surface area (Å²) in [6.07, 6.45) is 23.0. The number of rotatable bonds is 15. The van der Waals surface area contributed by atoms with Crippen LogP contribution in [-0.4, -0.2) is 156 Å². The Balaban J connectivity index is 0.000000201. The Kier molecular flexibility index (Phi) is 36.5. The zero-order valence-electron chi connectivity index (χ0n) is 76.6. The molecule has 0 aromatic carbocycles. The van der Waals surface area contributed by atoms with Crippen molar-refractivity contribution in [1.82, 2.24) is 59.9 Å². The van der Waals surface area contributed by atoms with E-state index in [0.717, 1.165) is 107 Å². The fourth-order valence-electron chi connectivity index (χ4n) is 15.0. The zero-order chi connectivity index (χ0) is 93.1. The minimum absolute atomic E-state index is 0.0214. The number of carboxylic acid groups (broad SMARTS) is 1. The van der Waals surface area contributed by atoms with Crippen LogP contribution in [0.3, 0.4) is 0 Å². The highest BCUT2D eigenvalue weighted by Gasteiger charge is 2.38. The van der Waals surface area contributed by atoms with E-state index in [4.69, 9.17) is 26.0 Å². The number of ether oxygens (including phenoxy) is 2. The van der Waals surface area contributed by atoms with Crippen LogP contribution in [0.4, 0.5) is 45.0 Å². The number of likely N-dealkylation sites (tertiary alicyclic amines) is 3. The number of nitrogens with two attached hydrogens (primary N) is 2. The summed E-state index contributed by atoms with van der Waals surface area (Å²) >= 11 is 0. The van der Waals surface area contributed by atoms with Crippen molar-refractivity contribution >= 4 is 99.6 Å². The van der Waals surface area contributed by atoms with Gasteiger partial charge in [-0.2, -0.15) is 0 Å². The highest BCUT2D eigenvalue weighted by Crippen LogP contribution is 2.38. The molecule has 11 N–H and O–H groups in total. The smallest absolute Gasteiger partial charge is 0.413 e. The molecular weight excluding hydrogens is 1620 g/mol. The number of esters is 1. The lowest BCUT2D eigenvalue weighted by molar-refractivity contribution is -0.154. The third kappa shape index (κ3) is 30.5. The third-order valence-electron chi connectivity index (χ3n) is 21.9. The average molecular weight is 1740 g/mol. The number of aromatic nitrogens is 8. The van der Waals surface area contributed by atoms with Crippen molar-refractivity contribution in [3.05, 3.63) is 195 Å². The lowest BCUT2D eigenvalue weighted by atomic mass is 9.90. The Morgan fingerprint density at radius 3 is 1.09 bits per heavy atom. The Labute approximate surface area is 745 Å². The van der Waals surface area contributed by atoms with Gasteiger partial charge in [-0.15, -0.1) is 0 Å². The molecule has 8 atom stereocenters. The van der Waals surface area contributed by atoms with Gasteiger partial charge in [0.25, 0.3) is 0 Å². The highest BCUT2D eigenvalue weighted by molar-refractivity contribution is 6.41. The molecule has 0 unspecified atom stereocenters. The van der Waals surface area contributed by atoms with Crippen molar-refractivity contribution in [2.24, 2.45) is 23.7 Å². The summed E-state index contributed by atoms with van der Waals surface area (Å²) in [4.78, 5) is 162. The number of piperidine rings is 4. The van der Waals surface area contributed by atoms with Gasteiger partial charge in [0.2, 0.25) is 0 Å². The van der Waals surface area contributed by atoms with Gasteiger partial charge < -0.3 is 67.3 Å². The maximum absolute atomic E-state index is 13.2. The summed E-state index contributed by atoms with van der Waals surface area (Å²) in [6, 6.07) is 22.9. The minimum atomic E-state index is -1.57. The van der Waals surface area contributed by atoms with Crippen molar-refractivity contribution in [2.75, 3.05) is 64.2 Å². The maximum atomic E-state index is 13.2. The molecule has 127 heavy (non-hydrogen) atoms. The molecule has 12 rings (SSSR count). The topological polar surface area (TPSA) is 446 Å². The lowest BCUT2D eigenvalue weighted by Gasteiger charge is -2.38. The largest absolute Gasteiger partial charge is 0.474 e. The van der Waals surface area contributed by atoms with Crippen LogP contribution in [-0.2, 0) is 84.7 Å². The molecule has 0 aliphatic carbocycles. The molecule has 0 bridgehead atoms. The van der Waals surface area contributed by atoms with E-state index >= 15 is 0 Å². The van der Waals surface area contributed by atoms with Gasteiger partial charge in [-0.25, -0.2) is 24.5 Å². The number of carboxylic acids is 1. The number of nitrogens with zero attached hydrogens (tertiary/aromatic N) is 11. The first-order chi connectivity index (χ1) is 60.1. The summed E-state index contributed by atoms with van der Waals surface area (Å²) in [5.41, 5.74) is 23.7. The fraction of sp³-hybridized carbons (Fsp3) is 0.474. The van der Waals surface area contributed by atoms with Gasteiger partial charge in [0, 0.05) is 73.2 Å². The number of carbonyl (C=O) groups excluding carboxylic acids is 9. The second-order valence-corrected chi connectivity index (χ2v) is 35.1. The Hall–Kier alpha value is -12.7. The van der Waals surface area contributed by atoms with E-state index in [9.17, 15) is 47.9 Å². The SMILES string of the molecule is CCc1cc(NC(=O)C(=O)N2C[C@@H](C)CC[C@@H]2c2ccc(C)nc2)cnc1N.CCc1cc(NC(=O)C(=O)N2C[C@@H](C)CC[C@@H]2c2ccc(C)nc2)cnc1NC(=O)OC(C)(C)C.CCc1cc(NC(=O)C(=O)N2C[C@H](C)CC[C@H]2c2ccc(C)nc2)cnc1N.CCc1cc(NC(=O)C(=O)O)cnc1CC(=O)OC(C)(C)C.Cc1ccc([C@H]2CC[C@H](C)CN2)cn1. The molecule has 4 fully saturated rings. The molecule has 4 saturated heterocycles. The molecule has 0 saturated carbocycles. The lowest BCUT2D eigenvalue weighted by Crippen LogP contribution is -2.46. The summed E-state index contributed by atoms with van der Waals surface area (Å²) in [7, 11) is 0. The number of aryl methyl sites for hydroxylation is 8. The average Bonchev–Trinajstić information content (AvgIpc) is 0.810. The van der Waals surface area contributed by atoms with E-state index in [-0.39, 0.29) is 30.2 Å². The van der Waals surface area contributed by atoms with Crippen LogP contribution in [0, 0.1) is 51.4 Å². The van der Waals surface area contributed by atoms with Crippen LogP contribution in [0.25, 0.3) is 0 Å². The number of nitrogen functional groups attached to an aromatic ring is 2. The van der Waals surface area contributed by atoms with Crippen molar-refractivity contribution in [3.8, 4) is 0 Å². The van der Waals surface area contributed by atoms with Gasteiger partial charge in [0.05, 0.1) is 77.8 Å². The quantitative estimate of drug-likeness (QED) is 0.0340. The van der Waals surface area contributed by atoms with Crippen molar-refractivity contribution < 1.29 is 62.5 Å². The second kappa shape index (κ2) is 46.5. The van der Waals surface area contributed by atoms with E-state index in [1.807, 2.05) is 98.0 Å². The number of carbonyl (C=O) groups is 10. The van der Waals surface area contributed by atoms with Gasteiger partial charge in [-0.1, -0.05) is 79.7 Å². The van der Waals surface area contributed by atoms with E-state index in [0.29, 0.717) is 115 Å². The molecule has 4 aliphatic heterocycles. The molecule has 8 aromatic heterocycles. The fourth-order valence-corrected chi connectivity index (χ4v) is 15.0. The number of hydrogen-bond acceptors (Lipinski definition) is 23. The van der Waals surface area contributed by atoms with Crippen molar-refractivity contribution in [2.45, 2.75) is 243 Å². The van der Waals surface area contributed by atoms with Crippen LogP contribution in [0.15, 0.2) is 122 Å². The first-order valence-electron chi connectivity index (χ1n) is 43.6. The number of nitrogens with one attached hydrogen (secondary N) is 6. The summed E-state index contributed by atoms with van der Waals surface area (Å²) in [5.74, 6) is -3.77. The predicted molar refractivity (Wildman–Crippen MR) is 488 cm³/mol. The first kappa shape index (κ1) is 99.7. The van der Waals surface area contributed by atoms with Crippen LogP contribution < -0.4 is 43.4 Å². The Morgan fingerprint density at radius 1 is 0.409 bits per heavy atom. The van der Waals surface area contributed by atoms with Gasteiger partial charge in [-0.05, 0) is 270 Å². The molecule has 0 radical (unpaired) electrons. The number of pyridine rings is 8. The van der Waals surface area contributed by atoms with Gasteiger partial charge >= 0.3 is 59.4 Å². The molecule has 680 valence electrons. The van der Waals surface area contributed by atoms with Crippen LogP contribution in [0.5, 0.6) is 0 Å². The summed E-state index contributed by atoms with van der Waals surface area (Å²) in [5, 5.41) is 25.0. The Bertz CT molecular complexity index is 4970. The minimum Gasteiger partial charge on any atom is -0.474 e. The van der Waals surface area contributed by atoms with Crippen LogP contribution in [0.2, 0.25) is 0 Å². The standard InChI is InChI=1S/C26H35N5O4.2C21H27N5O2.C15H20N2O5.C12H18N2/c1-7-18-12-20(14-28-22(18)30-25(34)35-26(4,5)6)29-23(32)24(33)31-15-16(2)8-11-21(31)19-10-9-17(3)27-13-19;2*1-4-15-9-17(11-24-19(15)22)25-20(27)21(28)26-12-13(2)5-8-18(26)16-7-6-14(3)23-10-16;1-5-9-6-10(17-13(19)14(20)21)8-16-11(9)7-12(18)22-15(2,3)4;1-9-3-6-12(14-7-9)11-5-4-10(2)13-8-11/h9-10,12-14,16,21H,7-8,11,15H2,1-6H3,(H,29,32)(H,28,30,34);2*6-7,9-11,13,18H,4-5,8,12H2,1-3H3,(H2,22,24)(H,25,27);6,8H,5,7H2,1-4H3,(H,17,19)(H,20,21);4-5,8-9,12,14H,3,6-7H2,1-2H3/t16-,21+;2*13-,18+;;9-,12+/m010.0/s1. The highest BCUT2D eigenvalue weighted by atomic mass is 16.6. The predicted octanol–water partition coefficient (Wildman–Crippen LogP) is 14.4. The van der Waals surface area contributed by atoms with Gasteiger partial charge in [-0.3, -0.25) is 68.6 Å². The monoisotopic (exact) mass is 1740 g/mol. The van der Waals surface area contributed by atoms with E-state index in [1.54, 1.807) is 99.1 Å². The van der Waals surface area contributed by atoms with E-state index in [1.165, 1.54) is 43.2 Å². The molecule has 0 spiro atoms. The second-order valence-electron chi connectivity index (χ2n) is 35.1. The van der Waals surface area contributed by atoms with Crippen LogP contribution in [0.1, 0.15) is 245 Å². The number of anilines is 7. The summed E-state index contributed by atoms with van der Waals surface area (Å²) in [6.45, 7) is 37.5. The molecule has 8 aromatic rings. The van der Waals surface area contributed by atoms with Crippen LogP contribution >= 0.6 is 0 Å². The molecular formula is C95H127N19O13. The molecule has 32 nitrogen and oxygen atoms in total.